The molecule has 5 nitrogen and oxygen atoms in total. The molecule has 0 saturated carbocycles. The summed E-state index contributed by atoms with van der Waals surface area (Å²) in [6, 6.07) is 0. The quantitative estimate of drug-likeness (QED) is 0.0725. The molecule has 226 valence electrons. The summed E-state index contributed by atoms with van der Waals surface area (Å²) in [5.41, 5.74) is 0. The average Bonchev–Trinajstić information content (AvgIpc) is 2.92. The molecule has 5 heteroatoms. The molecular formula is C33H64O5. The van der Waals surface area contributed by atoms with Gasteiger partial charge in [0.1, 0.15) is 19.3 Å². The van der Waals surface area contributed by atoms with Crippen molar-refractivity contribution in [2.45, 2.75) is 187 Å². The van der Waals surface area contributed by atoms with Gasteiger partial charge in [0.05, 0.1) is 0 Å². The zero-order valence-corrected chi connectivity index (χ0v) is 25.5. The fourth-order valence-corrected chi connectivity index (χ4v) is 4.79. The predicted molar refractivity (Wildman–Crippen MR) is 159 cm³/mol. The minimum atomic E-state index is -0.952. The molecule has 0 spiro atoms. The topological polar surface area (TPSA) is 72.8 Å². The van der Waals surface area contributed by atoms with Crippen molar-refractivity contribution in [1.29, 1.82) is 0 Å². The van der Waals surface area contributed by atoms with E-state index in [9.17, 15) is 14.7 Å². The number of aliphatic hydroxyl groups excluding tert-OH is 1. The van der Waals surface area contributed by atoms with Gasteiger partial charge in [0, 0.05) is 12.8 Å². The molecule has 0 aromatic rings. The Morgan fingerprint density at radius 3 is 0.947 bits per heavy atom. The van der Waals surface area contributed by atoms with Gasteiger partial charge >= 0.3 is 11.9 Å². The Morgan fingerprint density at radius 1 is 0.447 bits per heavy atom. The van der Waals surface area contributed by atoms with Gasteiger partial charge in [-0.05, 0) is 12.8 Å². The maximum atomic E-state index is 11.9. The molecule has 0 aliphatic rings. The van der Waals surface area contributed by atoms with E-state index in [4.69, 9.17) is 9.47 Å². The van der Waals surface area contributed by atoms with Crippen LogP contribution in [0.3, 0.4) is 0 Å². The van der Waals surface area contributed by atoms with Gasteiger partial charge in [0.15, 0.2) is 0 Å². The van der Waals surface area contributed by atoms with Crippen LogP contribution in [0.25, 0.3) is 0 Å². The van der Waals surface area contributed by atoms with Gasteiger partial charge in [-0.2, -0.15) is 0 Å². The molecule has 1 unspecified atom stereocenters. The van der Waals surface area contributed by atoms with Crippen LogP contribution in [-0.4, -0.2) is 36.4 Å². The molecule has 0 rings (SSSR count). The first kappa shape index (κ1) is 36.9. The fraction of sp³-hybridized carbons (Fsp3) is 0.939. The summed E-state index contributed by atoms with van der Waals surface area (Å²) in [6.07, 6.45) is 30.0. The molecule has 0 fully saturated rings. The summed E-state index contributed by atoms with van der Waals surface area (Å²) in [5.74, 6) is -0.558. The van der Waals surface area contributed by atoms with E-state index in [1.165, 1.54) is 128 Å². The molecule has 0 aromatic carbocycles. The SMILES string of the molecule is CCCCCCCCCCCCCCCC(=O)OCC(O)COC(=O)CCCCCCCCCCCCC. The Labute approximate surface area is 236 Å². The Kier molecular flexibility index (Phi) is 29.6. The number of aliphatic hydroxyl groups is 1. The summed E-state index contributed by atoms with van der Waals surface area (Å²) in [5, 5.41) is 9.94. The van der Waals surface area contributed by atoms with Crippen molar-refractivity contribution < 1.29 is 24.2 Å². The lowest BCUT2D eigenvalue weighted by Gasteiger charge is -2.12. The first-order chi connectivity index (χ1) is 18.6. The van der Waals surface area contributed by atoms with Crippen LogP contribution in [0.2, 0.25) is 0 Å². The number of ether oxygens (including phenoxy) is 2. The Morgan fingerprint density at radius 2 is 0.684 bits per heavy atom. The van der Waals surface area contributed by atoms with Gasteiger partial charge in [0.2, 0.25) is 0 Å². The second kappa shape index (κ2) is 30.4. The third-order valence-electron chi connectivity index (χ3n) is 7.34. The third kappa shape index (κ3) is 29.5. The smallest absolute Gasteiger partial charge is 0.305 e. The van der Waals surface area contributed by atoms with Crippen molar-refractivity contribution in [1.82, 2.24) is 0 Å². The van der Waals surface area contributed by atoms with Crippen molar-refractivity contribution in [2.75, 3.05) is 13.2 Å². The number of rotatable bonds is 30. The molecular weight excluding hydrogens is 476 g/mol. The number of carbonyl (C=O) groups excluding carboxylic acids is 2. The Hall–Kier alpha value is -1.10. The van der Waals surface area contributed by atoms with Gasteiger partial charge in [-0.15, -0.1) is 0 Å². The van der Waals surface area contributed by atoms with Crippen LogP contribution >= 0.6 is 0 Å². The number of esters is 2. The summed E-state index contributed by atoms with van der Waals surface area (Å²) < 4.78 is 10.3. The third-order valence-corrected chi connectivity index (χ3v) is 7.34. The number of hydrogen-bond donors (Lipinski definition) is 1. The van der Waals surface area contributed by atoms with Crippen molar-refractivity contribution in [2.24, 2.45) is 0 Å². The summed E-state index contributed by atoms with van der Waals surface area (Å²) in [6.45, 7) is 4.29. The average molecular weight is 541 g/mol. The van der Waals surface area contributed by atoms with E-state index in [-0.39, 0.29) is 25.2 Å². The molecule has 0 heterocycles. The van der Waals surface area contributed by atoms with Crippen LogP contribution in [-0.2, 0) is 19.1 Å². The lowest BCUT2D eigenvalue weighted by Crippen LogP contribution is -2.25. The van der Waals surface area contributed by atoms with Crippen molar-refractivity contribution >= 4 is 11.9 Å². The summed E-state index contributed by atoms with van der Waals surface area (Å²) in [7, 11) is 0. The zero-order chi connectivity index (χ0) is 27.9. The standard InChI is InChI=1S/C33H64O5/c1-3-5-7-9-11-13-15-16-18-20-22-24-26-28-33(36)38-30-31(34)29-37-32(35)27-25-23-21-19-17-14-12-10-8-6-4-2/h31,34H,3-30H2,1-2H3. The molecule has 0 bridgehead atoms. The maximum Gasteiger partial charge on any atom is 0.305 e. The molecule has 0 aliphatic carbocycles. The summed E-state index contributed by atoms with van der Waals surface area (Å²) in [4.78, 5) is 23.7. The first-order valence-corrected chi connectivity index (χ1v) is 16.6. The molecule has 0 amide bonds. The van der Waals surface area contributed by atoms with E-state index < -0.39 is 6.10 Å². The highest BCUT2D eigenvalue weighted by atomic mass is 16.6. The highest BCUT2D eigenvalue weighted by Gasteiger charge is 2.12. The minimum absolute atomic E-state index is 0.108. The van der Waals surface area contributed by atoms with Gasteiger partial charge in [-0.1, -0.05) is 155 Å². The molecule has 0 aromatic heterocycles. The lowest BCUT2D eigenvalue weighted by molar-refractivity contribution is -0.152. The van der Waals surface area contributed by atoms with E-state index in [2.05, 4.69) is 13.8 Å². The van der Waals surface area contributed by atoms with Crippen LogP contribution in [0.4, 0.5) is 0 Å². The molecule has 0 aliphatic heterocycles. The van der Waals surface area contributed by atoms with E-state index in [1.54, 1.807) is 0 Å². The van der Waals surface area contributed by atoms with Gasteiger partial charge in [-0.25, -0.2) is 0 Å². The lowest BCUT2D eigenvalue weighted by atomic mass is 10.0. The minimum Gasteiger partial charge on any atom is -0.463 e. The van der Waals surface area contributed by atoms with Crippen molar-refractivity contribution in [3.05, 3.63) is 0 Å². The van der Waals surface area contributed by atoms with Crippen molar-refractivity contribution in [3.8, 4) is 0 Å². The van der Waals surface area contributed by atoms with Crippen LogP contribution in [0, 0.1) is 0 Å². The number of hydrogen-bond acceptors (Lipinski definition) is 5. The van der Waals surface area contributed by atoms with E-state index >= 15 is 0 Å². The zero-order valence-electron chi connectivity index (χ0n) is 25.5. The van der Waals surface area contributed by atoms with Crippen LogP contribution < -0.4 is 0 Å². The van der Waals surface area contributed by atoms with Gasteiger partial charge in [0.25, 0.3) is 0 Å². The summed E-state index contributed by atoms with van der Waals surface area (Å²) >= 11 is 0. The molecule has 1 atom stereocenters. The van der Waals surface area contributed by atoms with E-state index in [0.29, 0.717) is 12.8 Å². The number of carbonyl (C=O) groups is 2. The first-order valence-electron chi connectivity index (χ1n) is 16.6. The van der Waals surface area contributed by atoms with Crippen LogP contribution in [0.15, 0.2) is 0 Å². The van der Waals surface area contributed by atoms with E-state index in [0.717, 1.165) is 25.7 Å². The molecule has 1 N–H and O–H groups in total. The number of unbranched alkanes of at least 4 members (excludes halogenated alkanes) is 22. The molecule has 0 saturated heterocycles. The highest BCUT2D eigenvalue weighted by Crippen LogP contribution is 2.14. The largest absolute Gasteiger partial charge is 0.463 e. The fourth-order valence-electron chi connectivity index (χ4n) is 4.79. The van der Waals surface area contributed by atoms with Gasteiger partial charge < -0.3 is 14.6 Å². The highest BCUT2D eigenvalue weighted by molar-refractivity contribution is 5.69. The maximum absolute atomic E-state index is 11.9. The molecule has 38 heavy (non-hydrogen) atoms. The van der Waals surface area contributed by atoms with Crippen LogP contribution in [0.5, 0.6) is 0 Å². The Balaban J connectivity index is 3.40. The van der Waals surface area contributed by atoms with Crippen molar-refractivity contribution in [3.63, 3.8) is 0 Å². The monoisotopic (exact) mass is 540 g/mol. The normalized spacial score (nSPS) is 12.0. The van der Waals surface area contributed by atoms with E-state index in [1.807, 2.05) is 0 Å². The predicted octanol–water partition coefficient (Wildman–Crippen LogP) is 9.62. The van der Waals surface area contributed by atoms with Gasteiger partial charge in [-0.3, -0.25) is 9.59 Å². The Bertz CT molecular complexity index is 508. The van der Waals surface area contributed by atoms with Crippen LogP contribution in [0.1, 0.15) is 181 Å². The second-order valence-corrected chi connectivity index (χ2v) is 11.3. The second-order valence-electron chi connectivity index (χ2n) is 11.3. The molecule has 0 radical (unpaired) electrons.